The summed E-state index contributed by atoms with van der Waals surface area (Å²) in [5.41, 5.74) is 0.658. The highest BCUT2D eigenvalue weighted by Gasteiger charge is 2.13. The number of hydrogen-bond donors (Lipinski definition) is 0. The SMILES string of the molecule is Fc1cc(Br)c(Oc2ccnc3c(Cl)cccc23)c(Br)c1. The van der Waals surface area contributed by atoms with Gasteiger partial charge in [0, 0.05) is 11.6 Å². The van der Waals surface area contributed by atoms with E-state index < -0.39 is 0 Å². The Kier molecular flexibility index (Phi) is 4.15. The van der Waals surface area contributed by atoms with E-state index in [1.54, 1.807) is 18.3 Å². The molecule has 0 aliphatic rings. The van der Waals surface area contributed by atoms with Crippen LogP contribution in [0.2, 0.25) is 5.02 Å². The van der Waals surface area contributed by atoms with E-state index in [-0.39, 0.29) is 5.82 Å². The van der Waals surface area contributed by atoms with E-state index in [1.165, 1.54) is 12.1 Å². The standard InChI is InChI=1S/C15H7Br2ClFNO/c16-10-6-8(19)7-11(17)15(10)21-13-4-5-20-14-9(13)2-1-3-12(14)18/h1-7H. The van der Waals surface area contributed by atoms with E-state index in [9.17, 15) is 4.39 Å². The van der Waals surface area contributed by atoms with E-state index >= 15 is 0 Å². The minimum Gasteiger partial charge on any atom is -0.454 e. The Bertz CT molecular complexity index is 818. The second-order valence-electron chi connectivity index (χ2n) is 4.25. The minimum atomic E-state index is -0.358. The van der Waals surface area contributed by atoms with Crippen LogP contribution in [0.25, 0.3) is 10.9 Å². The summed E-state index contributed by atoms with van der Waals surface area (Å²) in [6, 6.07) is 9.89. The van der Waals surface area contributed by atoms with Gasteiger partial charge in [0.1, 0.15) is 11.6 Å². The highest BCUT2D eigenvalue weighted by molar-refractivity contribution is 9.11. The lowest BCUT2D eigenvalue weighted by Gasteiger charge is -2.12. The zero-order valence-corrected chi connectivity index (χ0v) is 14.3. The lowest BCUT2D eigenvalue weighted by Crippen LogP contribution is -1.91. The van der Waals surface area contributed by atoms with E-state index in [1.807, 2.05) is 12.1 Å². The quantitative estimate of drug-likeness (QED) is 0.472. The Hall–Kier alpha value is -1.17. The van der Waals surface area contributed by atoms with Gasteiger partial charge in [0.05, 0.1) is 19.5 Å². The molecular weight excluding hydrogens is 424 g/mol. The van der Waals surface area contributed by atoms with Gasteiger partial charge in [0.25, 0.3) is 0 Å². The van der Waals surface area contributed by atoms with E-state index in [0.29, 0.717) is 31.0 Å². The minimum absolute atomic E-state index is 0.358. The van der Waals surface area contributed by atoms with Crippen molar-refractivity contribution in [3.63, 3.8) is 0 Å². The van der Waals surface area contributed by atoms with Gasteiger partial charge < -0.3 is 4.74 Å². The number of pyridine rings is 1. The molecule has 1 heterocycles. The average molecular weight is 431 g/mol. The number of rotatable bonds is 2. The Morgan fingerprint density at radius 3 is 2.52 bits per heavy atom. The first-order chi connectivity index (χ1) is 10.1. The van der Waals surface area contributed by atoms with E-state index in [4.69, 9.17) is 16.3 Å². The fraction of sp³-hybridized carbons (Fsp3) is 0. The number of nitrogens with zero attached hydrogens (tertiary/aromatic N) is 1. The molecule has 0 amide bonds. The maximum absolute atomic E-state index is 13.3. The lowest BCUT2D eigenvalue weighted by molar-refractivity contribution is 0.479. The van der Waals surface area contributed by atoms with Crippen LogP contribution in [0.5, 0.6) is 11.5 Å². The molecule has 106 valence electrons. The summed E-state index contributed by atoms with van der Waals surface area (Å²) >= 11 is 12.7. The highest BCUT2D eigenvalue weighted by Crippen LogP contribution is 2.39. The molecule has 3 aromatic rings. The van der Waals surface area contributed by atoms with Crippen molar-refractivity contribution in [3.8, 4) is 11.5 Å². The molecule has 0 saturated carbocycles. The van der Waals surface area contributed by atoms with Gasteiger partial charge in [-0.1, -0.05) is 17.7 Å². The average Bonchev–Trinajstić information content (AvgIpc) is 2.43. The monoisotopic (exact) mass is 429 g/mol. The fourth-order valence-electron chi connectivity index (χ4n) is 1.94. The van der Waals surface area contributed by atoms with E-state index in [0.717, 1.165) is 5.39 Å². The first-order valence-electron chi connectivity index (χ1n) is 5.92. The van der Waals surface area contributed by atoms with Crippen molar-refractivity contribution in [2.75, 3.05) is 0 Å². The first kappa shape index (κ1) is 14.8. The van der Waals surface area contributed by atoms with Crippen LogP contribution in [0.15, 0.2) is 51.5 Å². The van der Waals surface area contributed by atoms with Gasteiger partial charge >= 0.3 is 0 Å². The molecular formula is C15H7Br2ClFNO. The molecule has 0 aliphatic heterocycles. The van der Waals surface area contributed by atoms with Crippen LogP contribution in [0, 0.1) is 5.82 Å². The van der Waals surface area contributed by atoms with Crippen LogP contribution in [-0.4, -0.2) is 4.98 Å². The molecule has 0 unspecified atom stereocenters. The number of fused-ring (bicyclic) bond motifs is 1. The summed E-state index contributed by atoms with van der Waals surface area (Å²) in [5, 5.41) is 1.34. The summed E-state index contributed by atoms with van der Waals surface area (Å²) < 4.78 is 20.2. The van der Waals surface area contributed by atoms with Crippen molar-refractivity contribution >= 4 is 54.4 Å². The fourth-order valence-corrected chi connectivity index (χ4v) is 3.46. The Labute approximate surface area is 142 Å². The molecule has 2 nitrogen and oxygen atoms in total. The molecule has 0 saturated heterocycles. The normalized spacial score (nSPS) is 10.9. The first-order valence-corrected chi connectivity index (χ1v) is 7.88. The van der Waals surface area contributed by atoms with Gasteiger partial charge in [0.15, 0.2) is 5.75 Å². The Balaban J connectivity index is 2.13. The predicted octanol–water partition coefficient (Wildman–Crippen LogP) is 6.34. The summed E-state index contributed by atoms with van der Waals surface area (Å²) in [6.07, 6.45) is 1.62. The van der Waals surface area contributed by atoms with Crippen molar-refractivity contribution in [1.82, 2.24) is 4.98 Å². The Morgan fingerprint density at radius 2 is 1.81 bits per heavy atom. The molecule has 2 aromatic carbocycles. The van der Waals surface area contributed by atoms with Gasteiger partial charge in [-0.25, -0.2) is 4.39 Å². The molecule has 0 fully saturated rings. The van der Waals surface area contributed by atoms with Crippen molar-refractivity contribution < 1.29 is 9.13 Å². The topological polar surface area (TPSA) is 22.1 Å². The smallest absolute Gasteiger partial charge is 0.156 e. The zero-order chi connectivity index (χ0) is 15.0. The maximum atomic E-state index is 13.3. The van der Waals surface area contributed by atoms with Gasteiger partial charge in [-0.3, -0.25) is 4.98 Å². The van der Waals surface area contributed by atoms with Crippen LogP contribution in [0.1, 0.15) is 0 Å². The molecule has 0 atom stereocenters. The number of para-hydroxylation sites is 1. The van der Waals surface area contributed by atoms with Crippen molar-refractivity contribution in [2.45, 2.75) is 0 Å². The largest absolute Gasteiger partial charge is 0.454 e. The summed E-state index contributed by atoms with van der Waals surface area (Å²) in [7, 11) is 0. The highest BCUT2D eigenvalue weighted by atomic mass is 79.9. The van der Waals surface area contributed by atoms with Crippen LogP contribution in [0.4, 0.5) is 4.39 Å². The molecule has 6 heteroatoms. The number of halogens is 4. The summed E-state index contributed by atoms with van der Waals surface area (Å²) in [6.45, 7) is 0. The van der Waals surface area contributed by atoms with Crippen LogP contribution >= 0.6 is 43.5 Å². The second kappa shape index (κ2) is 5.91. The third kappa shape index (κ3) is 2.91. The van der Waals surface area contributed by atoms with Gasteiger partial charge in [-0.15, -0.1) is 0 Å². The van der Waals surface area contributed by atoms with Crippen LogP contribution in [0.3, 0.4) is 0 Å². The van der Waals surface area contributed by atoms with Crippen LogP contribution in [-0.2, 0) is 0 Å². The number of ether oxygens (including phenoxy) is 1. The maximum Gasteiger partial charge on any atom is 0.156 e. The van der Waals surface area contributed by atoms with Crippen molar-refractivity contribution in [1.29, 1.82) is 0 Å². The molecule has 3 rings (SSSR count). The summed E-state index contributed by atoms with van der Waals surface area (Å²) in [5.74, 6) is 0.725. The number of benzene rings is 2. The zero-order valence-electron chi connectivity index (χ0n) is 10.4. The van der Waals surface area contributed by atoms with Crippen molar-refractivity contribution in [3.05, 3.63) is 62.4 Å². The number of hydrogen-bond acceptors (Lipinski definition) is 2. The van der Waals surface area contributed by atoms with Gasteiger partial charge in [-0.05, 0) is 62.2 Å². The predicted molar refractivity (Wildman–Crippen MR) is 88.6 cm³/mol. The van der Waals surface area contributed by atoms with Crippen molar-refractivity contribution in [2.24, 2.45) is 0 Å². The molecule has 0 radical (unpaired) electrons. The molecule has 0 bridgehead atoms. The number of aromatic nitrogens is 1. The van der Waals surface area contributed by atoms with Gasteiger partial charge in [0.2, 0.25) is 0 Å². The van der Waals surface area contributed by atoms with E-state index in [2.05, 4.69) is 36.8 Å². The Morgan fingerprint density at radius 1 is 1.10 bits per heavy atom. The van der Waals surface area contributed by atoms with Gasteiger partial charge in [-0.2, -0.15) is 0 Å². The third-order valence-corrected chi connectivity index (χ3v) is 4.34. The molecule has 21 heavy (non-hydrogen) atoms. The van der Waals surface area contributed by atoms with Crippen LogP contribution < -0.4 is 4.74 Å². The lowest BCUT2D eigenvalue weighted by atomic mass is 10.2. The molecule has 0 spiro atoms. The molecule has 0 N–H and O–H groups in total. The summed E-state index contributed by atoms with van der Waals surface area (Å²) in [4.78, 5) is 4.25. The second-order valence-corrected chi connectivity index (χ2v) is 6.36. The molecule has 1 aromatic heterocycles. The molecule has 0 aliphatic carbocycles. The third-order valence-electron chi connectivity index (χ3n) is 2.86.